The molecule has 100 valence electrons. The molecule has 3 heterocycles. The van der Waals surface area contributed by atoms with E-state index in [0.29, 0.717) is 0 Å². The minimum Gasteiger partial charge on any atom is -0.344 e. The molecule has 0 unspecified atom stereocenters. The molecule has 2 aliphatic heterocycles. The van der Waals surface area contributed by atoms with Crippen LogP contribution in [0, 0.1) is 6.92 Å². The van der Waals surface area contributed by atoms with Crippen molar-refractivity contribution in [3.05, 3.63) is 35.0 Å². The molecule has 0 spiro atoms. The van der Waals surface area contributed by atoms with E-state index in [9.17, 15) is 0 Å². The van der Waals surface area contributed by atoms with Crippen LogP contribution >= 0.6 is 0 Å². The summed E-state index contributed by atoms with van der Waals surface area (Å²) in [7, 11) is 0. The molecule has 1 fully saturated rings. The van der Waals surface area contributed by atoms with Gasteiger partial charge in [-0.15, -0.1) is 0 Å². The summed E-state index contributed by atoms with van der Waals surface area (Å²) in [6.45, 7) is 9.18. The Kier molecular flexibility index (Phi) is 2.64. The molecule has 0 radical (unpaired) electrons. The highest BCUT2D eigenvalue weighted by molar-refractivity contribution is 5.89. The third-order valence-electron chi connectivity index (χ3n) is 4.75. The molecule has 3 heteroatoms. The maximum Gasteiger partial charge on any atom is 0.0519 e. The summed E-state index contributed by atoms with van der Waals surface area (Å²) in [4.78, 5) is 2.58. The van der Waals surface area contributed by atoms with Gasteiger partial charge < -0.3 is 9.88 Å². The summed E-state index contributed by atoms with van der Waals surface area (Å²) in [6, 6.07) is 6.83. The zero-order valence-corrected chi connectivity index (χ0v) is 11.6. The smallest absolute Gasteiger partial charge is 0.0519 e. The van der Waals surface area contributed by atoms with E-state index in [0.717, 1.165) is 19.6 Å². The highest BCUT2D eigenvalue weighted by Crippen LogP contribution is 2.33. The van der Waals surface area contributed by atoms with Gasteiger partial charge in [0.15, 0.2) is 0 Å². The summed E-state index contributed by atoms with van der Waals surface area (Å²) < 4.78 is 2.53. The molecule has 0 atom stereocenters. The summed E-state index contributed by atoms with van der Waals surface area (Å²) >= 11 is 0. The molecule has 1 aromatic carbocycles. The first kappa shape index (κ1) is 11.5. The lowest BCUT2D eigenvalue weighted by Crippen LogP contribution is -2.42. The molecule has 1 saturated heterocycles. The van der Waals surface area contributed by atoms with Gasteiger partial charge in [-0.3, -0.25) is 4.90 Å². The number of hydrogen-bond acceptors (Lipinski definition) is 2. The Bertz CT molecular complexity index is 620. The Labute approximate surface area is 114 Å². The topological polar surface area (TPSA) is 20.2 Å². The van der Waals surface area contributed by atoms with Crippen molar-refractivity contribution in [1.82, 2.24) is 14.8 Å². The highest BCUT2D eigenvalue weighted by atomic mass is 15.2. The first-order valence-corrected chi connectivity index (χ1v) is 7.37. The fourth-order valence-electron chi connectivity index (χ4n) is 3.69. The highest BCUT2D eigenvalue weighted by Gasteiger charge is 2.22. The number of benzene rings is 1. The van der Waals surface area contributed by atoms with Gasteiger partial charge in [-0.25, -0.2) is 0 Å². The van der Waals surface area contributed by atoms with Crippen LogP contribution in [0.1, 0.15) is 16.8 Å². The average Bonchev–Trinajstić information content (AvgIpc) is 2.99. The van der Waals surface area contributed by atoms with Crippen molar-refractivity contribution < 1.29 is 0 Å². The Morgan fingerprint density at radius 1 is 1.16 bits per heavy atom. The normalized spacial score (nSPS) is 19.4. The fraction of sp³-hybridized carbons (Fsp3) is 0.500. The van der Waals surface area contributed by atoms with Gasteiger partial charge >= 0.3 is 0 Å². The molecule has 19 heavy (non-hydrogen) atoms. The molecule has 1 N–H and O–H groups in total. The maximum absolute atomic E-state index is 3.43. The summed E-state index contributed by atoms with van der Waals surface area (Å²) in [5.41, 5.74) is 6.08. The van der Waals surface area contributed by atoms with Crippen molar-refractivity contribution in [3.63, 3.8) is 0 Å². The number of nitrogens with one attached hydrogen (secondary N) is 1. The van der Waals surface area contributed by atoms with E-state index in [1.807, 2.05) is 0 Å². The lowest BCUT2D eigenvalue weighted by Gasteiger charge is -2.27. The number of hydrogen-bond donors (Lipinski definition) is 1. The largest absolute Gasteiger partial charge is 0.344 e. The van der Waals surface area contributed by atoms with E-state index in [4.69, 9.17) is 0 Å². The molecular formula is C16H21N3. The predicted molar refractivity (Wildman–Crippen MR) is 78.5 cm³/mol. The van der Waals surface area contributed by atoms with Crippen molar-refractivity contribution >= 4 is 10.9 Å². The quantitative estimate of drug-likeness (QED) is 0.884. The maximum atomic E-state index is 3.43. The number of aryl methyl sites for hydroxylation is 2. The van der Waals surface area contributed by atoms with E-state index in [1.54, 1.807) is 5.56 Å². The van der Waals surface area contributed by atoms with Crippen LogP contribution in [0.5, 0.6) is 0 Å². The van der Waals surface area contributed by atoms with Crippen molar-refractivity contribution in [1.29, 1.82) is 0 Å². The van der Waals surface area contributed by atoms with Gasteiger partial charge in [-0.2, -0.15) is 0 Å². The first-order valence-electron chi connectivity index (χ1n) is 7.37. The number of aromatic nitrogens is 1. The third-order valence-corrected chi connectivity index (χ3v) is 4.75. The van der Waals surface area contributed by atoms with Crippen LogP contribution in [0.25, 0.3) is 10.9 Å². The summed E-state index contributed by atoms with van der Waals surface area (Å²) in [5, 5.41) is 4.92. The minimum absolute atomic E-state index is 1.11. The zero-order valence-electron chi connectivity index (χ0n) is 11.6. The number of para-hydroxylation sites is 1. The average molecular weight is 255 g/mol. The van der Waals surface area contributed by atoms with E-state index >= 15 is 0 Å². The number of nitrogens with zero attached hydrogens (tertiary/aromatic N) is 2. The van der Waals surface area contributed by atoms with E-state index < -0.39 is 0 Å². The van der Waals surface area contributed by atoms with Gasteiger partial charge in [-0.05, 0) is 24.5 Å². The van der Waals surface area contributed by atoms with Crippen LogP contribution in [-0.2, 0) is 19.5 Å². The SMILES string of the molecule is Cc1c(CN2CCNCC2)c2cccc3c2n1CC3. The number of piperazine rings is 1. The Morgan fingerprint density at radius 2 is 2.00 bits per heavy atom. The predicted octanol–water partition coefficient (Wildman–Crippen LogP) is 1.91. The van der Waals surface area contributed by atoms with Gasteiger partial charge in [0.1, 0.15) is 0 Å². The van der Waals surface area contributed by atoms with Gasteiger partial charge in [-0.1, -0.05) is 18.2 Å². The van der Waals surface area contributed by atoms with Gasteiger partial charge in [0, 0.05) is 50.3 Å². The van der Waals surface area contributed by atoms with Crippen LogP contribution in [0.15, 0.2) is 18.2 Å². The van der Waals surface area contributed by atoms with E-state index in [-0.39, 0.29) is 0 Å². The molecule has 0 saturated carbocycles. The number of rotatable bonds is 2. The van der Waals surface area contributed by atoms with Crippen LogP contribution in [-0.4, -0.2) is 35.6 Å². The molecule has 0 amide bonds. The van der Waals surface area contributed by atoms with Crippen molar-refractivity contribution in [2.75, 3.05) is 26.2 Å². The molecule has 0 bridgehead atoms. The van der Waals surface area contributed by atoms with E-state index in [2.05, 4.69) is 39.9 Å². The van der Waals surface area contributed by atoms with E-state index in [1.165, 1.54) is 48.2 Å². The van der Waals surface area contributed by atoms with Gasteiger partial charge in [0.05, 0.1) is 5.52 Å². The molecule has 2 aliphatic rings. The molecule has 4 rings (SSSR count). The summed E-state index contributed by atoms with van der Waals surface area (Å²) in [5.74, 6) is 0. The second-order valence-corrected chi connectivity index (χ2v) is 5.81. The minimum atomic E-state index is 1.11. The zero-order chi connectivity index (χ0) is 12.8. The standard InChI is InChI=1S/C16H21N3/c1-12-15(11-18-9-6-17-7-10-18)14-4-2-3-13-5-8-19(12)16(13)14/h2-4,17H,5-11H2,1H3. The van der Waals surface area contributed by atoms with Crippen molar-refractivity contribution in [2.24, 2.45) is 0 Å². The second-order valence-electron chi connectivity index (χ2n) is 5.81. The van der Waals surface area contributed by atoms with Crippen LogP contribution in [0.2, 0.25) is 0 Å². The van der Waals surface area contributed by atoms with Gasteiger partial charge in [0.25, 0.3) is 0 Å². The van der Waals surface area contributed by atoms with Crippen LogP contribution in [0.3, 0.4) is 0 Å². The summed E-state index contributed by atoms with van der Waals surface area (Å²) in [6.07, 6.45) is 1.21. The Morgan fingerprint density at radius 3 is 2.84 bits per heavy atom. The molecule has 2 aromatic rings. The lowest BCUT2D eigenvalue weighted by atomic mass is 10.1. The fourth-order valence-corrected chi connectivity index (χ4v) is 3.69. The molecule has 1 aromatic heterocycles. The monoisotopic (exact) mass is 255 g/mol. The first-order chi connectivity index (χ1) is 9.34. The third kappa shape index (κ3) is 1.72. The second kappa shape index (κ2) is 4.36. The van der Waals surface area contributed by atoms with Crippen LogP contribution in [0.4, 0.5) is 0 Å². The van der Waals surface area contributed by atoms with Gasteiger partial charge in [0.2, 0.25) is 0 Å². The van der Waals surface area contributed by atoms with Crippen LogP contribution < -0.4 is 5.32 Å². The van der Waals surface area contributed by atoms with Crippen molar-refractivity contribution in [3.8, 4) is 0 Å². The Hall–Kier alpha value is -1.32. The molecule has 3 nitrogen and oxygen atoms in total. The lowest BCUT2D eigenvalue weighted by molar-refractivity contribution is 0.233. The molecular weight excluding hydrogens is 234 g/mol. The van der Waals surface area contributed by atoms with Crippen molar-refractivity contribution in [2.45, 2.75) is 26.4 Å². The Balaban J connectivity index is 1.77. The molecule has 0 aliphatic carbocycles.